The monoisotopic (exact) mass is 411 g/mol. The van der Waals surface area contributed by atoms with Crippen LogP contribution >= 0.6 is 0 Å². The van der Waals surface area contributed by atoms with Gasteiger partial charge in [0.2, 0.25) is 5.95 Å². The van der Waals surface area contributed by atoms with Crippen LogP contribution in [-0.2, 0) is 16.0 Å². The summed E-state index contributed by atoms with van der Waals surface area (Å²) in [6.07, 6.45) is 1.30. The molecular weight excluding hydrogens is 382 g/mol. The fraction of sp³-hybridized carbons (Fsp3) is 0.500. The number of carbonyl (C=O) groups is 1. The Labute approximate surface area is 177 Å². The van der Waals surface area contributed by atoms with Crippen molar-refractivity contribution < 1.29 is 14.3 Å². The first-order valence-electron chi connectivity index (χ1n) is 10.5. The van der Waals surface area contributed by atoms with Gasteiger partial charge in [-0.1, -0.05) is 38.1 Å². The Morgan fingerprint density at radius 1 is 1.07 bits per heavy atom. The number of aromatic nitrogens is 2. The van der Waals surface area contributed by atoms with Crippen LogP contribution in [-0.4, -0.2) is 60.4 Å². The Morgan fingerprint density at radius 3 is 2.50 bits per heavy atom. The lowest BCUT2D eigenvalue weighted by Crippen LogP contribution is -2.35. The second kappa shape index (κ2) is 9.40. The zero-order valence-electron chi connectivity index (χ0n) is 17.6. The summed E-state index contributed by atoms with van der Waals surface area (Å²) in [4.78, 5) is 24.7. The van der Waals surface area contributed by atoms with Gasteiger partial charge in [-0.05, 0) is 23.1 Å². The van der Waals surface area contributed by atoms with Gasteiger partial charge in [-0.3, -0.25) is 9.80 Å². The van der Waals surface area contributed by atoms with E-state index >= 15 is 0 Å². The zero-order valence-corrected chi connectivity index (χ0v) is 17.6. The van der Waals surface area contributed by atoms with Crippen molar-refractivity contribution in [3.05, 3.63) is 47.7 Å². The Kier molecular flexibility index (Phi) is 6.44. The molecule has 2 aliphatic rings. The highest BCUT2D eigenvalue weighted by Crippen LogP contribution is 2.27. The average Bonchev–Trinajstić information content (AvgIpc) is 3.19. The molecule has 1 amide bonds. The van der Waals surface area contributed by atoms with Gasteiger partial charge < -0.3 is 14.8 Å². The molecule has 2 saturated heterocycles. The number of cyclic esters (lactones) is 1. The van der Waals surface area contributed by atoms with Gasteiger partial charge in [0.25, 0.3) is 0 Å². The lowest BCUT2D eigenvalue weighted by Gasteiger charge is -2.27. The van der Waals surface area contributed by atoms with Crippen LogP contribution < -0.4 is 10.2 Å². The van der Waals surface area contributed by atoms with Gasteiger partial charge in [0.05, 0.1) is 25.8 Å². The molecule has 0 radical (unpaired) electrons. The minimum atomic E-state index is -0.365. The van der Waals surface area contributed by atoms with E-state index in [1.165, 1.54) is 16.0 Å². The van der Waals surface area contributed by atoms with Crippen molar-refractivity contribution in [2.75, 3.05) is 49.7 Å². The third-order valence-corrected chi connectivity index (χ3v) is 5.48. The lowest BCUT2D eigenvalue weighted by molar-refractivity contribution is 0.0342. The van der Waals surface area contributed by atoms with E-state index in [9.17, 15) is 4.79 Å². The predicted molar refractivity (Wildman–Crippen MR) is 114 cm³/mol. The molecular formula is C22H29N5O3. The van der Waals surface area contributed by atoms with Crippen molar-refractivity contribution in [3.8, 4) is 0 Å². The fourth-order valence-electron chi connectivity index (χ4n) is 3.79. The molecule has 0 aliphatic carbocycles. The van der Waals surface area contributed by atoms with E-state index in [1.807, 2.05) is 0 Å². The molecule has 1 N–H and O–H groups in total. The van der Waals surface area contributed by atoms with Crippen molar-refractivity contribution in [2.24, 2.45) is 5.92 Å². The maximum absolute atomic E-state index is 11.8. The van der Waals surface area contributed by atoms with Crippen LogP contribution in [0.15, 0.2) is 36.5 Å². The highest BCUT2D eigenvalue weighted by atomic mass is 16.6. The van der Waals surface area contributed by atoms with Gasteiger partial charge in [0, 0.05) is 25.8 Å². The zero-order chi connectivity index (χ0) is 20.9. The molecule has 2 fully saturated rings. The smallest absolute Gasteiger partial charge is 0.415 e. The SMILES string of the molecule is CC(C)C(Nc1nccc(N2CCOC2=O)n1)c1ccc(CN2CCOCC2)cc1. The average molecular weight is 412 g/mol. The van der Waals surface area contributed by atoms with Gasteiger partial charge >= 0.3 is 6.09 Å². The number of rotatable bonds is 7. The van der Waals surface area contributed by atoms with Gasteiger partial charge in [-0.15, -0.1) is 0 Å². The number of anilines is 2. The van der Waals surface area contributed by atoms with Crippen LogP contribution in [0.5, 0.6) is 0 Å². The quantitative estimate of drug-likeness (QED) is 0.750. The van der Waals surface area contributed by atoms with E-state index < -0.39 is 0 Å². The van der Waals surface area contributed by atoms with Crippen molar-refractivity contribution in [1.29, 1.82) is 0 Å². The van der Waals surface area contributed by atoms with Crippen LogP contribution in [0, 0.1) is 5.92 Å². The largest absolute Gasteiger partial charge is 0.447 e. The fourth-order valence-corrected chi connectivity index (χ4v) is 3.79. The van der Waals surface area contributed by atoms with E-state index in [1.54, 1.807) is 12.3 Å². The predicted octanol–water partition coefficient (Wildman–Crippen LogP) is 3.07. The molecule has 2 aliphatic heterocycles. The molecule has 8 heteroatoms. The number of morpholine rings is 1. The Hall–Kier alpha value is -2.71. The standard InChI is InChI=1S/C22H29N5O3/c1-16(2)20(18-5-3-17(4-6-18)15-26-9-12-29-13-10-26)25-21-23-8-7-19(24-21)27-11-14-30-22(27)28/h3-8,16,20H,9-15H2,1-2H3,(H,23,24,25). The Bertz CT molecular complexity index is 852. The first kappa shape index (κ1) is 20.6. The molecule has 0 saturated carbocycles. The van der Waals surface area contributed by atoms with E-state index in [0.29, 0.717) is 30.8 Å². The van der Waals surface area contributed by atoms with Crippen molar-refractivity contribution in [1.82, 2.24) is 14.9 Å². The van der Waals surface area contributed by atoms with Crippen LogP contribution in [0.4, 0.5) is 16.6 Å². The van der Waals surface area contributed by atoms with Gasteiger partial charge in [0.15, 0.2) is 0 Å². The number of carbonyl (C=O) groups excluding carboxylic acids is 1. The van der Waals surface area contributed by atoms with Gasteiger partial charge in [-0.25, -0.2) is 9.78 Å². The third kappa shape index (κ3) is 4.88. The number of amides is 1. The van der Waals surface area contributed by atoms with E-state index in [4.69, 9.17) is 9.47 Å². The summed E-state index contributed by atoms with van der Waals surface area (Å²) in [5.74, 6) is 1.39. The summed E-state index contributed by atoms with van der Waals surface area (Å²) < 4.78 is 10.4. The number of hydrogen-bond acceptors (Lipinski definition) is 7. The third-order valence-electron chi connectivity index (χ3n) is 5.48. The van der Waals surface area contributed by atoms with Crippen molar-refractivity contribution in [2.45, 2.75) is 26.4 Å². The Balaban J connectivity index is 1.45. The molecule has 160 valence electrons. The van der Waals surface area contributed by atoms with Gasteiger partial charge in [0.1, 0.15) is 12.4 Å². The van der Waals surface area contributed by atoms with Crippen LogP contribution in [0.3, 0.4) is 0 Å². The van der Waals surface area contributed by atoms with Crippen LogP contribution in [0.25, 0.3) is 0 Å². The van der Waals surface area contributed by atoms with E-state index in [-0.39, 0.29) is 12.1 Å². The molecule has 30 heavy (non-hydrogen) atoms. The minimum Gasteiger partial charge on any atom is -0.447 e. The maximum Gasteiger partial charge on any atom is 0.415 e. The molecule has 8 nitrogen and oxygen atoms in total. The summed E-state index contributed by atoms with van der Waals surface area (Å²) in [6.45, 7) is 9.76. The second-order valence-electron chi connectivity index (χ2n) is 8.00. The van der Waals surface area contributed by atoms with Crippen LogP contribution in [0.1, 0.15) is 31.0 Å². The molecule has 1 unspecified atom stereocenters. The number of hydrogen-bond donors (Lipinski definition) is 1. The maximum atomic E-state index is 11.8. The highest BCUT2D eigenvalue weighted by molar-refractivity contribution is 5.88. The van der Waals surface area contributed by atoms with E-state index in [0.717, 1.165) is 32.8 Å². The molecule has 3 heterocycles. The normalized spacial score (nSPS) is 18.5. The highest BCUT2D eigenvalue weighted by Gasteiger charge is 2.25. The van der Waals surface area contributed by atoms with Crippen molar-refractivity contribution in [3.63, 3.8) is 0 Å². The molecule has 1 aromatic carbocycles. The topological polar surface area (TPSA) is 79.8 Å². The van der Waals surface area contributed by atoms with Gasteiger partial charge in [-0.2, -0.15) is 4.98 Å². The van der Waals surface area contributed by atoms with Crippen LogP contribution in [0.2, 0.25) is 0 Å². The summed E-state index contributed by atoms with van der Waals surface area (Å²) in [7, 11) is 0. The molecule has 4 rings (SSSR count). The molecule has 0 spiro atoms. The minimum absolute atomic E-state index is 0.0585. The number of benzene rings is 1. The molecule has 1 aromatic heterocycles. The molecule has 0 bridgehead atoms. The second-order valence-corrected chi connectivity index (χ2v) is 8.00. The number of nitrogens with one attached hydrogen (secondary N) is 1. The lowest BCUT2D eigenvalue weighted by atomic mass is 9.95. The molecule has 2 aromatic rings. The number of ether oxygens (including phenoxy) is 2. The summed E-state index contributed by atoms with van der Waals surface area (Å²) >= 11 is 0. The van der Waals surface area contributed by atoms with E-state index in [2.05, 4.69) is 58.3 Å². The molecule has 1 atom stereocenters. The first-order chi connectivity index (χ1) is 14.6. The summed E-state index contributed by atoms with van der Waals surface area (Å²) in [5, 5.41) is 3.45. The first-order valence-corrected chi connectivity index (χ1v) is 10.5. The Morgan fingerprint density at radius 2 is 1.83 bits per heavy atom. The summed E-state index contributed by atoms with van der Waals surface area (Å²) in [5.41, 5.74) is 2.49. The van der Waals surface area contributed by atoms with Crippen molar-refractivity contribution >= 4 is 17.9 Å². The summed E-state index contributed by atoms with van der Waals surface area (Å²) in [6, 6.07) is 10.5. The number of nitrogens with zero attached hydrogens (tertiary/aromatic N) is 4.